The molecule has 0 atom stereocenters. The van der Waals surface area contributed by atoms with Crippen molar-refractivity contribution in [3.63, 3.8) is 0 Å². The van der Waals surface area contributed by atoms with Gasteiger partial charge in [0.1, 0.15) is 0 Å². The Morgan fingerprint density at radius 3 is 2.52 bits per heavy atom. The highest BCUT2D eigenvalue weighted by molar-refractivity contribution is 7.92. The predicted molar refractivity (Wildman–Crippen MR) is 97.3 cm³/mol. The molecule has 1 N–H and O–H groups in total. The Morgan fingerprint density at radius 2 is 1.84 bits per heavy atom. The highest BCUT2D eigenvalue weighted by Crippen LogP contribution is 2.22. The van der Waals surface area contributed by atoms with E-state index in [4.69, 9.17) is 4.74 Å². The lowest BCUT2D eigenvalue weighted by Gasteiger charge is -2.20. The zero-order valence-electron chi connectivity index (χ0n) is 14.3. The van der Waals surface area contributed by atoms with Crippen molar-refractivity contribution in [3.8, 4) is 0 Å². The Hall–Kier alpha value is -2.38. The first-order valence-electron chi connectivity index (χ1n) is 7.88. The summed E-state index contributed by atoms with van der Waals surface area (Å²) in [6, 6.07) is 14.7. The summed E-state index contributed by atoms with van der Waals surface area (Å²) in [7, 11) is -0.598. The number of hydrogen-bond acceptors (Lipinski definition) is 4. The van der Waals surface area contributed by atoms with E-state index in [0.29, 0.717) is 30.8 Å². The minimum absolute atomic E-state index is 0.201. The number of benzene rings is 2. The van der Waals surface area contributed by atoms with E-state index in [2.05, 4.69) is 5.32 Å². The van der Waals surface area contributed by atoms with Gasteiger partial charge in [0.2, 0.25) is 0 Å². The maximum atomic E-state index is 12.7. The summed E-state index contributed by atoms with van der Waals surface area (Å²) in [5.41, 5.74) is 0.832. The summed E-state index contributed by atoms with van der Waals surface area (Å²) in [5.74, 6) is -0.247. The number of methoxy groups -OCH3 is 1. The first-order chi connectivity index (χ1) is 12.0. The highest BCUT2D eigenvalue weighted by Gasteiger charge is 2.21. The number of ether oxygens (including phenoxy) is 1. The molecule has 0 radical (unpaired) electrons. The Kier molecular flexibility index (Phi) is 6.55. The molecule has 25 heavy (non-hydrogen) atoms. The van der Waals surface area contributed by atoms with Crippen molar-refractivity contribution in [2.45, 2.75) is 11.3 Å². The zero-order chi connectivity index (χ0) is 18.3. The number of nitrogens with one attached hydrogen (secondary N) is 1. The number of nitrogens with zero attached hydrogens (tertiary/aromatic N) is 1. The van der Waals surface area contributed by atoms with Crippen LogP contribution in [0.4, 0.5) is 5.69 Å². The van der Waals surface area contributed by atoms with Crippen molar-refractivity contribution in [1.29, 1.82) is 0 Å². The Labute approximate surface area is 148 Å². The van der Waals surface area contributed by atoms with E-state index in [1.807, 2.05) is 0 Å². The van der Waals surface area contributed by atoms with Crippen LogP contribution < -0.4 is 9.62 Å². The molecule has 2 aromatic rings. The van der Waals surface area contributed by atoms with Gasteiger partial charge in [0, 0.05) is 32.9 Å². The molecule has 6 nitrogen and oxygen atoms in total. The largest absolute Gasteiger partial charge is 0.385 e. The van der Waals surface area contributed by atoms with E-state index >= 15 is 0 Å². The number of anilines is 1. The van der Waals surface area contributed by atoms with Gasteiger partial charge < -0.3 is 10.1 Å². The minimum atomic E-state index is -3.67. The molecule has 1 amide bonds. The standard InChI is InChI=1S/C18H22N2O4S/c1-20(25(22,23)17-10-4-3-5-11-17)16-9-6-8-15(14-16)18(21)19-12-7-13-24-2/h3-6,8-11,14H,7,12-13H2,1-2H3,(H,19,21). The van der Waals surface area contributed by atoms with Gasteiger partial charge in [-0.25, -0.2) is 8.42 Å². The lowest BCUT2D eigenvalue weighted by molar-refractivity contribution is 0.0948. The second-order valence-corrected chi connectivity index (χ2v) is 7.41. The van der Waals surface area contributed by atoms with E-state index in [1.54, 1.807) is 49.6 Å². The number of sulfonamides is 1. The van der Waals surface area contributed by atoms with Crippen molar-refractivity contribution in [2.75, 3.05) is 31.6 Å². The lowest BCUT2D eigenvalue weighted by Crippen LogP contribution is -2.28. The van der Waals surface area contributed by atoms with Crippen LogP contribution in [0.25, 0.3) is 0 Å². The molecule has 0 spiro atoms. The van der Waals surface area contributed by atoms with Gasteiger partial charge in [0.25, 0.3) is 15.9 Å². The molecule has 0 aromatic heterocycles. The van der Waals surface area contributed by atoms with E-state index in [0.717, 1.165) is 0 Å². The average molecular weight is 362 g/mol. The molecule has 2 rings (SSSR count). The van der Waals surface area contributed by atoms with Gasteiger partial charge in [-0.3, -0.25) is 9.10 Å². The monoisotopic (exact) mass is 362 g/mol. The van der Waals surface area contributed by atoms with Gasteiger partial charge in [-0.1, -0.05) is 24.3 Å². The third-order valence-corrected chi connectivity index (χ3v) is 5.48. The van der Waals surface area contributed by atoms with Gasteiger partial charge >= 0.3 is 0 Å². The van der Waals surface area contributed by atoms with Crippen LogP contribution in [0.1, 0.15) is 16.8 Å². The van der Waals surface area contributed by atoms with Crippen LogP contribution in [-0.4, -0.2) is 41.6 Å². The molecule has 0 fully saturated rings. The molecule has 0 aliphatic heterocycles. The van der Waals surface area contributed by atoms with Crippen molar-refractivity contribution in [1.82, 2.24) is 5.32 Å². The quantitative estimate of drug-likeness (QED) is 0.731. The molecule has 7 heteroatoms. The summed E-state index contributed by atoms with van der Waals surface area (Å²) in [6.07, 6.45) is 0.713. The van der Waals surface area contributed by atoms with Crippen molar-refractivity contribution in [3.05, 3.63) is 60.2 Å². The van der Waals surface area contributed by atoms with Crippen molar-refractivity contribution in [2.24, 2.45) is 0 Å². The maximum Gasteiger partial charge on any atom is 0.264 e. The van der Waals surface area contributed by atoms with Gasteiger partial charge in [-0.2, -0.15) is 0 Å². The Bertz CT molecular complexity index is 807. The molecule has 2 aromatic carbocycles. The van der Waals surface area contributed by atoms with Crippen LogP contribution in [0.3, 0.4) is 0 Å². The molecule has 0 saturated heterocycles. The van der Waals surface area contributed by atoms with E-state index in [1.165, 1.54) is 23.5 Å². The molecule has 0 heterocycles. The molecule has 0 aliphatic carbocycles. The van der Waals surface area contributed by atoms with Crippen LogP contribution in [0.2, 0.25) is 0 Å². The summed E-state index contributed by atoms with van der Waals surface area (Å²) in [4.78, 5) is 12.4. The third-order valence-electron chi connectivity index (χ3n) is 3.68. The van der Waals surface area contributed by atoms with Gasteiger partial charge in [-0.15, -0.1) is 0 Å². The number of carbonyl (C=O) groups is 1. The van der Waals surface area contributed by atoms with Crippen molar-refractivity contribution >= 4 is 21.6 Å². The fraction of sp³-hybridized carbons (Fsp3) is 0.278. The molecular formula is C18H22N2O4S. The topological polar surface area (TPSA) is 75.7 Å². The second kappa shape index (κ2) is 8.64. The molecule has 134 valence electrons. The van der Waals surface area contributed by atoms with Crippen LogP contribution in [-0.2, 0) is 14.8 Å². The Morgan fingerprint density at radius 1 is 1.12 bits per heavy atom. The molecule has 0 saturated carbocycles. The molecule has 0 aliphatic rings. The lowest BCUT2D eigenvalue weighted by atomic mass is 10.2. The molecule has 0 bridgehead atoms. The van der Waals surface area contributed by atoms with Crippen molar-refractivity contribution < 1.29 is 17.9 Å². The smallest absolute Gasteiger partial charge is 0.264 e. The minimum Gasteiger partial charge on any atom is -0.385 e. The first kappa shape index (κ1) is 19.0. The molecule has 0 unspecified atom stereocenters. The highest BCUT2D eigenvalue weighted by atomic mass is 32.2. The van der Waals surface area contributed by atoms with Gasteiger partial charge in [-0.05, 0) is 36.8 Å². The number of rotatable bonds is 8. The van der Waals surface area contributed by atoms with Crippen LogP contribution in [0.15, 0.2) is 59.5 Å². The normalized spacial score (nSPS) is 11.1. The zero-order valence-corrected chi connectivity index (χ0v) is 15.1. The summed E-state index contributed by atoms with van der Waals surface area (Å²) in [5, 5.41) is 2.78. The van der Waals surface area contributed by atoms with E-state index in [-0.39, 0.29) is 10.8 Å². The van der Waals surface area contributed by atoms with Gasteiger partial charge in [0.15, 0.2) is 0 Å². The SMILES string of the molecule is COCCCNC(=O)c1cccc(N(C)S(=O)(=O)c2ccccc2)c1. The predicted octanol–water partition coefficient (Wildman–Crippen LogP) is 2.28. The van der Waals surface area contributed by atoms with Crippen LogP contribution >= 0.6 is 0 Å². The summed E-state index contributed by atoms with van der Waals surface area (Å²) in [6.45, 7) is 1.06. The average Bonchev–Trinajstić information content (AvgIpc) is 2.65. The van der Waals surface area contributed by atoms with Gasteiger partial charge in [0.05, 0.1) is 10.6 Å². The summed E-state index contributed by atoms with van der Waals surface area (Å²) < 4.78 is 31.4. The fourth-order valence-electron chi connectivity index (χ4n) is 2.25. The number of carbonyl (C=O) groups excluding carboxylic acids is 1. The number of hydrogen-bond donors (Lipinski definition) is 1. The van der Waals surface area contributed by atoms with E-state index < -0.39 is 10.0 Å². The molecular weight excluding hydrogens is 340 g/mol. The third kappa shape index (κ3) is 4.80. The second-order valence-electron chi connectivity index (χ2n) is 5.44. The summed E-state index contributed by atoms with van der Waals surface area (Å²) >= 11 is 0. The van der Waals surface area contributed by atoms with E-state index in [9.17, 15) is 13.2 Å². The van der Waals surface area contributed by atoms with Crippen LogP contribution in [0, 0.1) is 0 Å². The first-order valence-corrected chi connectivity index (χ1v) is 9.32. The number of amides is 1. The van der Waals surface area contributed by atoms with Crippen LogP contribution in [0.5, 0.6) is 0 Å². The Balaban J connectivity index is 2.16. The maximum absolute atomic E-state index is 12.7. The fourth-order valence-corrected chi connectivity index (χ4v) is 3.46.